The van der Waals surface area contributed by atoms with Crippen molar-refractivity contribution < 1.29 is 9.53 Å². The molecule has 1 aliphatic carbocycles. The molecule has 1 fully saturated rings. The molecule has 0 saturated heterocycles. The molecule has 1 N–H and O–H groups in total. The Morgan fingerprint density at radius 2 is 1.83 bits per heavy atom. The second kappa shape index (κ2) is 8.20. The summed E-state index contributed by atoms with van der Waals surface area (Å²) in [5.74, 6) is 0.462. The van der Waals surface area contributed by atoms with Crippen LogP contribution in [0.15, 0.2) is 48.5 Å². The molecule has 1 amide bonds. The Labute approximate surface area is 148 Å². The highest BCUT2D eigenvalue weighted by Gasteiger charge is 2.19. The average Bonchev–Trinajstić information content (AvgIpc) is 2.62. The molecule has 0 aromatic heterocycles. The number of nitrogens with one attached hydrogen (secondary N) is 1. The summed E-state index contributed by atoms with van der Waals surface area (Å²) in [4.78, 5) is 12.6. The molecule has 2 aromatic carbocycles. The first-order valence-corrected chi connectivity index (χ1v) is 8.87. The van der Waals surface area contributed by atoms with E-state index in [2.05, 4.69) is 5.32 Å². The molecule has 24 heavy (non-hydrogen) atoms. The molecular weight excluding hydrogens is 322 g/mol. The molecule has 0 atom stereocenters. The lowest BCUT2D eigenvalue weighted by molar-refractivity contribution is 0.0923. The summed E-state index contributed by atoms with van der Waals surface area (Å²) < 4.78 is 5.87. The zero-order chi connectivity index (χ0) is 16.8. The monoisotopic (exact) mass is 343 g/mol. The third-order valence-electron chi connectivity index (χ3n) is 4.36. The van der Waals surface area contributed by atoms with E-state index < -0.39 is 0 Å². The summed E-state index contributed by atoms with van der Waals surface area (Å²) in [6.07, 6.45) is 5.71. The van der Waals surface area contributed by atoms with Crippen LogP contribution in [0, 0.1) is 0 Å². The van der Waals surface area contributed by atoms with E-state index in [4.69, 9.17) is 16.3 Å². The van der Waals surface area contributed by atoms with Gasteiger partial charge in [-0.3, -0.25) is 4.79 Å². The minimum Gasteiger partial charge on any atom is -0.488 e. The van der Waals surface area contributed by atoms with Crippen molar-refractivity contribution in [1.82, 2.24) is 5.32 Å². The maximum Gasteiger partial charge on any atom is 0.255 e. The van der Waals surface area contributed by atoms with Crippen molar-refractivity contribution in [2.75, 3.05) is 0 Å². The number of carbonyl (C=O) groups is 1. The number of rotatable bonds is 5. The lowest BCUT2D eigenvalue weighted by Gasteiger charge is -2.23. The molecule has 0 unspecified atom stereocenters. The topological polar surface area (TPSA) is 38.3 Å². The average molecular weight is 344 g/mol. The fourth-order valence-corrected chi connectivity index (χ4v) is 3.22. The summed E-state index contributed by atoms with van der Waals surface area (Å²) in [6.45, 7) is 0.423. The van der Waals surface area contributed by atoms with Crippen molar-refractivity contribution in [3.63, 3.8) is 0 Å². The predicted molar refractivity (Wildman–Crippen MR) is 96.6 cm³/mol. The maximum atomic E-state index is 12.6. The summed E-state index contributed by atoms with van der Waals surface area (Å²) in [7, 11) is 0. The summed E-state index contributed by atoms with van der Waals surface area (Å²) >= 11 is 6.09. The summed E-state index contributed by atoms with van der Waals surface area (Å²) in [6, 6.07) is 15.4. The van der Waals surface area contributed by atoms with Gasteiger partial charge in [-0.15, -0.1) is 0 Å². The van der Waals surface area contributed by atoms with Crippen LogP contribution in [0.4, 0.5) is 0 Å². The SMILES string of the molecule is O=C(NC1CCCCC1)c1cc(Cl)ccc1OCc1ccccc1. The fourth-order valence-electron chi connectivity index (χ4n) is 3.05. The van der Waals surface area contributed by atoms with E-state index >= 15 is 0 Å². The van der Waals surface area contributed by atoms with Crippen LogP contribution in [0.3, 0.4) is 0 Å². The lowest BCUT2D eigenvalue weighted by Crippen LogP contribution is -2.36. The Morgan fingerprint density at radius 1 is 1.08 bits per heavy atom. The molecule has 0 bridgehead atoms. The van der Waals surface area contributed by atoms with Crippen molar-refractivity contribution in [3.05, 3.63) is 64.7 Å². The first-order chi connectivity index (χ1) is 11.7. The molecule has 2 aromatic rings. The van der Waals surface area contributed by atoms with Crippen LogP contribution in [0.2, 0.25) is 5.02 Å². The highest BCUT2D eigenvalue weighted by molar-refractivity contribution is 6.31. The number of benzene rings is 2. The van der Waals surface area contributed by atoms with Crippen LogP contribution in [-0.2, 0) is 6.61 Å². The van der Waals surface area contributed by atoms with Gasteiger partial charge < -0.3 is 10.1 Å². The normalized spacial score (nSPS) is 15.0. The zero-order valence-electron chi connectivity index (χ0n) is 13.6. The Hall–Kier alpha value is -2.00. The van der Waals surface area contributed by atoms with Gasteiger partial charge in [0.2, 0.25) is 0 Å². The second-order valence-electron chi connectivity index (χ2n) is 6.22. The van der Waals surface area contributed by atoms with E-state index in [1.165, 1.54) is 19.3 Å². The molecule has 4 heteroatoms. The number of carbonyl (C=O) groups excluding carboxylic acids is 1. The van der Waals surface area contributed by atoms with Gasteiger partial charge in [0.15, 0.2) is 0 Å². The van der Waals surface area contributed by atoms with E-state index in [1.807, 2.05) is 30.3 Å². The van der Waals surface area contributed by atoms with E-state index in [9.17, 15) is 4.79 Å². The third-order valence-corrected chi connectivity index (χ3v) is 4.60. The predicted octanol–water partition coefficient (Wildman–Crippen LogP) is 4.98. The Balaban J connectivity index is 1.71. The highest BCUT2D eigenvalue weighted by Crippen LogP contribution is 2.25. The van der Waals surface area contributed by atoms with Gasteiger partial charge in [-0.2, -0.15) is 0 Å². The largest absolute Gasteiger partial charge is 0.488 e. The second-order valence-corrected chi connectivity index (χ2v) is 6.66. The smallest absolute Gasteiger partial charge is 0.255 e. The van der Waals surface area contributed by atoms with Gasteiger partial charge >= 0.3 is 0 Å². The molecule has 126 valence electrons. The Morgan fingerprint density at radius 3 is 2.58 bits per heavy atom. The van der Waals surface area contributed by atoms with Gasteiger partial charge in [0.1, 0.15) is 12.4 Å². The zero-order valence-corrected chi connectivity index (χ0v) is 14.4. The molecule has 3 nitrogen and oxygen atoms in total. The van der Waals surface area contributed by atoms with E-state index in [0.29, 0.717) is 22.9 Å². The van der Waals surface area contributed by atoms with E-state index in [0.717, 1.165) is 18.4 Å². The van der Waals surface area contributed by atoms with E-state index in [1.54, 1.807) is 18.2 Å². The van der Waals surface area contributed by atoms with Crippen LogP contribution in [0.25, 0.3) is 0 Å². The number of hydrogen-bond donors (Lipinski definition) is 1. The summed E-state index contributed by atoms with van der Waals surface area (Å²) in [5, 5.41) is 3.66. The van der Waals surface area contributed by atoms with Crippen molar-refractivity contribution in [2.45, 2.75) is 44.8 Å². The van der Waals surface area contributed by atoms with Crippen molar-refractivity contribution in [1.29, 1.82) is 0 Å². The van der Waals surface area contributed by atoms with Gasteiger partial charge in [-0.25, -0.2) is 0 Å². The van der Waals surface area contributed by atoms with Crippen molar-refractivity contribution in [3.8, 4) is 5.75 Å². The van der Waals surface area contributed by atoms with Gasteiger partial charge in [-0.1, -0.05) is 61.2 Å². The molecule has 1 saturated carbocycles. The van der Waals surface area contributed by atoms with Crippen LogP contribution in [0.5, 0.6) is 5.75 Å². The number of halogens is 1. The van der Waals surface area contributed by atoms with Crippen LogP contribution < -0.4 is 10.1 Å². The van der Waals surface area contributed by atoms with Crippen molar-refractivity contribution >= 4 is 17.5 Å². The summed E-state index contributed by atoms with van der Waals surface area (Å²) in [5.41, 5.74) is 1.56. The van der Waals surface area contributed by atoms with Gasteiger partial charge in [0.05, 0.1) is 5.56 Å². The third kappa shape index (κ3) is 4.51. The van der Waals surface area contributed by atoms with E-state index in [-0.39, 0.29) is 11.9 Å². The molecule has 3 rings (SSSR count). The van der Waals surface area contributed by atoms with Crippen LogP contribution >= 0.6 is 11.6 Å². The first kappa shape index (κ1) is 16.8. The minimum absolute atomic E-state index is 0.104. The number of ether oxygens (including phenoxy) is 1. The van der Waals surface area contributed by atoms with Gasteiger partial charge in [0, 0.05) is 11.1 Å². The number of hydrogen-bond acceptors (Lipinski definition) is 2. The van der Waals surface area contributed by atoms with Crippen LogP contribution in [0.1, 0.15) is 48.0 Å². The molecule has 0 radical (unpaired) electrons. The standard InChI is InChI=1S/C20H22ClNO2/c21-16-11-12-19(24-14-15-7-3-1-4-8-15)18(13-16)20(23)22-17-9-5-2-6-10-17/h1,3-4,7-8,11-13,17H,2,5-6,9-10,14H2,(H,22,23). The first-order valence-electron chi connectivity index (χ1n) is 8.49. The highest BCUT2D eigenvalue weighted by atomic mass is 35.5. The molecular formula is C20H22ClNO2. The molecule has 0 aliphatic heterocycles. The van der Waals surface area contributed by atoms with Crippen molar-refractivity contribution in [2.24, 2.45) is 0 Å². The molecule has 0 heterocycles. The fraction of sp³-hybridized carbons (Fsp3) is 0.350. The lowest BCUT2D eigenvalue weighted by atomic mass is 9.95. The maximum absolute atomic E-state index is 12.6. The van der Waals surface area contributed by atoms with Gasteiger partial charge in [-0.05, 0) is 36.6 Å². The van der Waals surface area contributed by atoms with Crippen LogP contribution in [-0.4, -0.2) is 11.9 Å². The molecule has 1 aliphatic rings. The Kier molecular flexibility index (Phi) is 5.76. The Bertz CT molecular complexity index is 681. The minimum atomic E-state index is -0.104. The quantitative estimate of drug-likeness (QED) is 0.831. The number of amides is 1. The van der Waals surface area contributed by atoms with Gasteiger partial charge in [0.25, 0.3) is 5.91 Å². The molecule has 0 spiro atoms.